The van der Waals surface area contributed by atoms with Crippen LogP contribution >= 0.6 is 23.2 Å². The van der Waals surface area contributed by atoms with E-state index in [1.54, 1.807) is 0 Å². The van der Waals surface area contributed by atoms with Crippen LogP contribution in [0.5, 0.6) is 0 Å². The number of aliphatic hydroxyl groups is 1. The van der Waals surface area contributed by atoms with E-state index >= 15 is 0 Å². The van der Waals surface area contributed by atoms with Gasteiger partial charge in [-0.2, -0.15) is 5.26 Å². The molecule has 0 aliphatic carbocycles. The molecule has 0 fully saturated rings. The van der Waals surface area contributed by atoms with E-state index in [0.717, 1.165) is 0 Å². The lowest BCUT2D eigenvalue weighted by atomic mass is 9.94. The molecule has 2 aromatic carbocycles. The Balaban J connectivity index is 2.40. The third kappa shape index (κ3) is 6.19. The Morgan fingerprint density at radius 1 is 1.20 bits per heavy atom. The minimum absolute atomic E-state index is 0.0947. The zero-order valence-corrected chi connectivity index (χ0v) is 18.9. The van der Waals surface area contributed by atoms with Crippen LogP contribution < -0.4 is 5.32 Å². The van der Waals surface area contributed by atoms with Crippen molar-refractivity contribution in [2.24, 2.45) is 5.92 Å². The number of carbonyl (C=O) groups is 1. The Bertz CT molecular complexity index is 1060. The molecule has 0 spiro atoms. The highest BCUT2D eigenvalue weighted by Crippen LogP contribution is 2.29. The van der Waals surface area contributed by atoms with E-state index < -0.39 is 27.1 Å². The van der Waals surface area contributed by atoms with Gasteiger partial charge in [-0.1, -0.05) is 49.2 Å². The average Bonchev–Trinajstić information content (AvgIpc) is 2.66. The second kappa shape index (κ2) is 9.80. The van der Waals surface area contributed by atoms with Gasteiger partial charge < -0.3 is 10.4 Å². The van der Waals surface area contributed by atoms with Crippen molar-refractivity contribution in [3.05, 3.63) is 63.6 Å². The molecule has 2 aromatic rings. The zero-order chi connectivity index (χ0) is 22.5. The molecule has 30 heavy (non-hydrogen) atoms. The number of anilines is 1. The average molecular weight is 469 g/mol. The first-order chi connectivity index (χ1) is 14.0. The number of carbonyl (C=O) groups excluding carboxylic acids is 1. The Hall–Kier alpha value is -2.11. The van der Waals surface area contributed by atoms with Crippen LogP contribution in [0.3, 0.4) is 0 Å². The lowest BCUT2D eigenvalue weighted by Crippen LogP contribution is -2.46. The van der Waals surface area contributed by atoms with E-state index in [1.807, 2.05) is 19.9 Å². The minimum atomic E-state index is -3.76. The summed E-state index contributed by atoms with van der Waals surface area (Å²) in [6.07, 6.45) is 0.409. The molecule has 160 valence electrons. The summed E-state index contributed by atoms with van der Waals surface area (Å²) in [5, 5.41) is 23.2. The molecule has 9 heteroatoms. The smallest absolute Gasteiger partial charge is 0.262 e. The van der Waals surface area contributed by atoms with Gasteiger partial charge in [-0.15, -0.1) is 0 Å². The van der Waals surface area contributed by atoms with Crippen LogP contribution in [-0.4, -0.2) is 30.9 Å². The van der Waals surface area contributed by atoms with Crippen molar-refractivity contribution >= 4 is 44.6 Å². The van der Waals surface area contributed by atoms with E-state index in [4.69, 9.17) is 28.5 Å². The third-order valence-electron chi connectivity index (χ3n) is 4.48. The molecule has 0 saturated heterocycles. The Morgan fingerprint density at radius 2 is 1.83 bits per heavy atom. The van der Waals surface area contributed by atoms with Gasteiger partial charge in [0, 0.05) is 10.7 Å². The number of hydrogen-bond donors (Lipinski definition) is 2. The molecule has 1 amide bonds. The number of sulfone groups is 1. The van der Waals surface area contributed by atoms with Crippen molar-refractivity contribution in [2.75, 3.05) is 16.8 Å². The summed E-state index contributed by atoms with van der Waals surface area (Å²) in [6.45, 7) is 3.78. The van der Waals surface area contributed by atoms with Crippen LogP contribution in [-0.2, 0) is 20.2 Å². The molecule has 2 N–H and O–H groups in total. The predicted octanol–water partition coefficient (Wildman–Crippen LogP) is 4.15. The van der Waals surface area contributed by atoms with Crippen molar-refractivity contribution in [3.63, 3.8) is 0 Å². The second-order valence-corrected chi connectivity index (χ2v) is 10.4. The van der Waals surface area contributed by atoms with E-state index in [2.05, 4.69) is 5.32 Å². The first-order valence-electron chi connectivity index (χ1n) is 9.17. The third-order valence-corrected chi connectivity index (χ3v) is 6.76. The van der Waals surface area contributed by atoms with Crippen LogP contribution in [0.4, 0.5) is 5.69 Å². The van der Waals surface area contributed by atoms with Crippen LogP contribution in [0.2, 0.25) is 10.0 Å². The van der Waals surface area contributed by atoms with Crippen LogP contribution in [0.25, 0.3) is 0 Å². The minimum Gasteiger partial charge on any atom is -0.374 e. The summed E-state index contributed by atoms with van der Waals surface area (Å²) in [5.41, 5.74) is -1.81. The van der Waals surface area contributed by atoms with Gasteiger partial charge >= 0.3 is 0 Å². The number of nitrogens with one attached hydrogen (secondary N) is 1. The molecule has 0 aliphatic rings. The molecule has 0 saturated carbocycles. The number of nitriles is 1. The fourth-order valence-corrected chi connectivity index (χ4v) is 4.99. The first kappa shape index (κ1) is 24.2. The highest BCUT2D eigenvalue weighted by molar-refractivity contribution is 7.91. The molecule has 0 radical (unpaired) electrons. The summed E-state index contributed by atoms with van der Waals surface area (Å²) in [5.74, 6) is -1.72. The molecular formula is C21H22Cl2N2O4S. The van der Waals surface area contributed by atoms with Gasteiger partial charge in [0.2, 0.25) is 0 Å². The van der Waals surface area contributed by atoms with Gasteiger partial charge in [0.1, 0.15) is 6.07 Å². The normalized spacial score (nSPS) is 13.5. The molecule has 0 aliphatic heterocycles. The number of amides is 1. The van der Waals surface area contributed by atoms with Gasteiger partial charge in [-0.3, -0.25) is 4.79 Å². The SMILES string of the molecule is CC(C)CCS(=O)(=O)CC(O)(C(=O)Nc1ccc(C#N)c(Cl)c1)c1ccc(Cl)cc1. The fraction of sp³-hybridized carbons (Fsp3) is 0.333. The maximum atomic E-state index is 13.0. The molecule has 1 atom stereocenters. The highest BCUT2D eigenvalue weighted by atomic mass is 35.5. The molecule has 1 unspecified atom stereocenters. The number of nitrogens with zero attached hydrogens (tertiary/aromatic N) is 1. The van der Waals surface area contributed by atoms with Gasteiger partial charge in [-0.25, -0.2) is 8.42 Å². The monoisotopic (exact) mass is 468 g/mol. The van der Waals surface area contributed by atoms with Crippen molar-refractivity contribution in [2.45, 2.75) is 25.9 Å². The maximum Gasteiger partial charge on any atom is 0.262 e. The number of hydrogen-bond acceptors (Lipinski definition) is 5. The number of benzene rings is 2. The molecular weight excluding hydrogens is 447 g/mol. The largest absolute Gasteiger partial charge is 0.374 e. The van der Waals surface area contributed by atoms with Crippen LogP contribution in [0.15, 0.2) is 42.5 Å². The summed E-state index contributed by atoms with van der Waals surface area (Å²) >= 11 is 11.9. The Kier molecular flexibility index (Phi) is 7.89. The topological polar surface area (TPSA) is 107 Å². The highest BCUT2D eigenvalue weighted by Gasteiger charge is 2.42. The predicted molar refractivity (Wildman–Crippen MR) is 118 cm³/mol. The first-order valence-corrected chi connectivity index (χ1v) is 11.7. The Morgan fingerprint density at radius 3 is 2.37 bits per heavy atom. The van der Waals surface area contributed by atoms with E-state index in [-0.39, 0.29) is 33.5 Å². The molecule has 0 heterocycles. The van der Waals surface area contributed by atoms with E-state index in [0.29, 0.717) is 11.4 Å². The quantitative estimate of drug-likeness (QED) is 0.604. The second-order valence-electron chi connectivity index (χ2n) is 7.40. The maximum absolute atomic E-state index is 13.0. The van der Waals surface area contributed by atoms with Gasteiger partial charge in [0.05, 0.1) is 22.1 Å². The van der Waals surface area contributed by atoms with Crippen molar-refractivity contribution in [1.29, 1.82) is 5.26 Å². The van der Waals surface area contributed by atoms with Gasteiger partial charge in [-0.05, 0) is 48.2 Å². The van der Waals surface area contributed by atoms with Crippen LogP contribution in [0, 0.1) is 17.2 Å². The van der Waals surface area contributed by atoms with E-state index in [9.17, 15) is 18.3 Å². The Labute approximate surface area is 186 Å². The summed E-state index contributed by atoms with van der Waals surface area (Å²) in [6, 6.07) is 11.9. The van der Waals surface area contributed by atoms with Crippen molar-refractivity contribution in [1.82, 2.24) is 0 Å². The van der Waals surface area contributed by atoms with Gasteiger partial charge in [0.15, 0.2) is 15.4 Å². The molecule has 0 bridgehead atoms. The lowest BCUT2D eigenvalue weighted by molar-refractivity contribution is -0.132. The fourth-order valence-electron chi connectivity index (χ4n) is 2.73. The summed E-state index contributed by atoms with van der Waals surface area (Å²) in [4.78, 5) is 13.0. The van der Waals surface area contributed by atoms with Crippen molar-refractivity contribution in [3.8, 4) is 6.07 Å². The van der Waals surface area contributed by atoms with E-state index in [1.165, 1.54) is 42.5 Å². The van der Waals surface area contributed by atoms with Crippen LogP contribution in [0.1, 0.15) is 31.4 Å². The molecule has 0 aromatic heterocycles. The number of rotatable bonds is 8. The lowest BCUT2D eigenvalue weighted by Gasteiger charge is -2.27. The number of halogens is 2. The standard InChI is InChI=1S/C21H22Cl2N2O4S/c1-14(2)9-10-30(28,29)13-21(27,16-4-6-17(22)7-5-16)20(26)25-18-8-3-15(12-24)19(23)11-18/h3-8,11,14,27H,9-10,13H2,1-2H3,(H,25,26). The molecule has 6 nitrogen and oxygen atoms in total. The van der Waals surface area contributed by atoms with Crippen molar-refractivity contribution < 1.29 is 18.3 Å². The van der Waals surface area contributed by atoms with Gasteiger partial charge in [0.25, 0.3) is 5.91 Å². The summed E-state index contributed by atoms with van der Waals surface area (Å²) < 4.78 is 25.3. The summed E-state index contributed by atoms with van der Waals surface area (Å²) in [7, 11) is -3.76. The zero-order valence-electron chi connectivity index (χ0n) is 16.5. The molecule has 2 rings (SSSR count).